The minimum Gasteiger partial charge on any atom is -0.340 e. The summed E-state index contributed by atoms with van der Waals surface area (Å²) < 4.78 is 3.46. The van der Waals surface area contributed by atoms with Crippen molar-refractivity contribution < 1.29 is 4.79 Å². The molecule has 1 aromatic carbocycles. The number of hydrogen-bond acceptors (Lipinski definition) is 5. The van der Waals surface area contributed by atoms with Gasteiger partial charge in [-0.3, -0.25) is 14.2 Å². The Morgan fingerprint density at radius 1 is 1.19 bits per heavy atom. The average molecular weight is 452 g/mol. The number of fused-ring (bicyclic) bond motifs is 2. The van der Waals surface area contributed by atoms with Gasteiger partial charge in [-0.1, -0.05) is 24.8 Å². The minimum absolute atomic E-state index is 0.103. The van der Waals surface area contributed by atoms with Gasteiger partial charge >= 0.3 is 0 Å². The second-order valence-electron chi connectivity index (χ2n) is 8.95. The largest absolute Gasteiger partial charge is 0.340 e. The Morgan fingerprint density at radius 3 is 2.81 bits per heavy atom. The lowest BCUT2D eigenvalue weighted by molar-refractivity contribution is -0.135. The fraction of sp³-hybridized carbons (Fsp3) is 0.500. The molecule has 7 nitrogen and oxygen atoms in total. The molecule has 0 spiro atoms. The number of piperidine rings is 1. The number of benzene rings is 1. The first-order valence-corrected chi connectivity index (χ1v) is 12.5. The maximum Gasteiger partial charge on any atom is 0.265 e. The van der Waals surface area contributed by atoms with E-state index in [0.717, 1.165) is 31.5 Å². The van der Waals surface area contributed by atoms with E-state index in [2.05, 4.69) is 38.0 Å². The second kappa shape index (κ2) is 8.39. The summed E-state index contributed by atoms with van der Waals surface area (Å²) >= 11 is 1.55. The molecule has 1 amide bonds. The summed E-state index contributed by atoms with van der Waals surface area (Å²) in [5.74, 6) is 0.857. The Bertz CT molecular complexity index is 1250. The van der Waals surface area contributed by atoms with E-state index in [0.29, 0.717) is 34.4 Å². The summed E-state index contributed by atoms with van der Waals surface area (Å²) in [6, 6.07) is 6.29. The van der Waals surface area contributed by atoms with Crippen LogP contribution in [0.1, 0.15) is 56.2 Å². The SMILES string of the molecule is CCC1CCCCN1C(=O)CC1CSc2nc3c(cnn3-c3ccc(C)c(C)c3)c(=O)n21. The number of likely N-dealkylation sites (tertiary alicyclic amines) is 1. The molecule has 2 atom stereocenters. The molecule has 0 aliphatic carbocycles. The highest BCUT2D eigenvalue weighted by atomic mass is 32.2. The number of rotatable bonds is 4. The highest BCUT2D eigenvalue weighted by Gasteiger charge is 2.33. The number of thioether (sulfide) groups is 1. The summed E-state index contributed by atoms with van der Waals surface area (Å²) in [6.07, 6.45) is 6.29. The third kappa shape index (κ3) is 3.54. The fourth-order valence-corrected chi connectivity index (χ4v) is 6.03. The van der Waals surface area contributed by atoms with Crippen LogP contribution < -0.4 is 5.56 Å². The van der Waals surface area contributed by atoms with E-state index in [1.54, 1.807) is 27.2 Å². The summed E-state index contributed by atoms with van der Waals surface area (Å²) in [4.78, 5) is 33.4. The lowest BCUT2D eigenvalue weighted by Gasteiger charge is -2.36. The van der Waals surface area contributed by atoms with Crippen molar-refractivity contribution in [1.82, 2.24) is 24.2 Å². The van der Waals surface area contributed by atoms with Crippen LogP contribution in [0.2, 0.25) is 0 Å². The number of amides is 1. The van der Waals surface area contributed by atoms with Crippen LogP contribution in [0.4, 0.5) is 0 Å². The number of carbonyl (C=O) groups excluding carboxylic acids is 1. The Kier molecular flexibility index (Phi) is 5.57. The van der Waals surface area contributed by atoms with Crippen LogP contribution in [0.25, 0.3) is 16.7 Å². The monoisotopic (exact) mass is 451 g/mol. The van der Waals surface area contributed by atoms with Crippen molar-refractivity contribution in [3.8, 4) is 5.69 Å². The fourth-order valence-electron chi connectivity index (χ4n) is 4.90. The topological polar surface area (TPSA) is 73.0 Å². The maximum atomic E-state index is 13.4. The molecule has 32 heavy (non-hydrogen) atoms. The molecule has 1 saturated heterocycles. The molecule has 0 radical (unpaired) electrons. The number of aromatic nitrogens is 4. The molecule has 5 rings (SSSR count). The van der Waals surface area contributed by atoms with Gasteiger partial charge in [-0.05, 0) is 62.8 Å². The molecule has 2 aliphatic rings. The van der Waals surface area contributed by atoms with Gasteiger partial charge in [-0.25, -0.2) is 9.67 Å². The highest BCUT2D eigenvalue weighted by molar-refractivity contribution is 7.99. The third-order valence-electron chi connectivity index (χ3n) is 6.93. The van der Waals surface area contributed by atoms with Crippen molar-refractivity contribution in [2.75, 3.05) is 12.3 Å². The smallest absolute Gasteiger partial charge is 0.265 e. The Hall–Kier alpha value is -2.61. The van der Waals surface area contributed by atoms with Gasteiger partial charge in [-0.2, -0.15) is 5.10 Å². The normalized spacial score (nSPS) is 20.7. The van der Waals surface area contributed by atoms with Gasteiger partial charge in [0.2, 0.25) is 5.91 Å². The summed E-state index contributed by atoms with van der Waals surface area (Å²) in [5, 5.41) is 5.65. The molecule has 2 aliphatic heterocycles. The molecule has 0 bridgehead atoms. The van der Waals surface area contributed by atoms with Gasteiger partial charge < -0.3 is 4.90 Å². The number of aryl methyl sites for hydroxylation is 2. The highest BCUT2D eigenvalue weighted by Crippen LogP contribution is 2.34. The molecular formula is C24H29N5O2S. The van der Waals surface area contributed by atoms with Gasteiger partial charge in [0.25, 0.3) is 5.56 Å². The molecule has 2 aromatic heterocycles. The lowest BCUT2D eigenvalue weighted by Crippen LogP contribution is -2.44. The summed E-state index contributed by atoms with van der Waals surface area (Å²) in [6.45, 7) is 7.12. The van der Waals surface area contributed by atoms with Crippen LogP contribution in [0.5, 0.6) is 0 Å². The van der Waals surface area contributed by atoms with Crippen molar-refractivity contribution >= 4 is 28.7 Å². The number of carbonyl (C=O) groups is 1. The van der Waals surface area contributed by atoms with E-state index in [9.17, 15) is 9.59 Å². The van der Waals surface area contributed by atoms with E-state index in [1.165, 1.54) is 17.5 Å². The van der Waals surface area contributed by atoms with Gasteiger partial charge in [0.05, 0.1) is 17.9 Å². The first-order chi connectivity index (χ1) is 15.5. The predicted molar refractivity (Wildman–Crippen MR) is 127 cm³/mol. The summed E-state index contributed by atoms with van der Waals surface area (Å²) in [5.41, 5.74) is 3.74. The average Bonchev–Trinajstić information content (AvgIpc) is 3.40. The van der Waals surface area contributed by atoms with Gasteiger partial charge in [0.1, 0.15) is 5.39 Å². The van der Waals surface area contributed by atoms with Crippen molar-refractivity contribution in [3.05, 3.63) is 45.9 Å². The Balaban J connectivity index is 1.47. The molecule has 4 heterocycles. The van der Waals surface area contributed by atoms with Crippen LogP contribution in [0.15, 0.2) is 34.3 Å². The molecule has 0 saturated carbocycles. The van der Waals surface area contributed by atoms with Crippen molar-refractivity contribution in [1.29, 1.82) is 0 Å². The van der Waals surface area contributed by atoms with Crippen LogP contribution >= 0.6 is 11.8 Å². The van der Waals surface area contributed by atoms with E-state index in [4.69, 9.17) is 4.98 Å². The van der Waals surface area contributed by atoms with Crippen LogP contribution in [0, 0.1) is 13.8 Å². The summed E-state index contributed by atoms with van der Waals surface area (Å²) in [7, 11) is 0. The zero-order chi connectivity index (χ0) is 22.4. The molecular weight excluding hydrogens is 422 g/mol. The first-order valence-electron chi connectivity index (χ1n) is 11.5. The Morgan fingerprint density at radius 2 is 2.03 bits per heavy atom. The molecule has 8 heteroatoms. The third-order valence-corrected chi connectivity index (χ3v) is 8.03. The zero-order valence-corrected chi connectivity index (χ0v) is 19.7. The van der Waals surface area contributed by atoms with E-state index in [-0.39, 0.29) is 17.5 Å². The van der Waals surface area contributed by atoms with Gasteiger partial charge in [0, 0.05) is 24.8 Å². The van der Waals surface area contributed by atoms with Gasteiger partial charge in [-0.15, -0.1) is 0 Å². The molecule has 168 valence electrons. The van der Waals surface area contributed by atoms with Crippen LogP contribution in [-0.4, -0.2) is 48.5 Å². The van der Waals surface area contributed by atoms with Crippen molar-refractivity contribution in [3.63, 3.8) is 0 Å². The van der Waals surface area contributed by atoms with Crippen LogP contribution in [0.3, 0.4) is 0 Å². The number of nitrogens with zero attached hydrogens (tertiary/aromatic N) is 5. The van der Waals surface area contributed by atoms with Gasteiger partial charge in [0.15, 0.2) is 10.8 Å². The van der Waals surface area contributed by atoms with E-state index < -0.39 is 0 Å². The lowest BCUT2D eigenvalue weighted by atomic mass is 9.99. The maximum absolute atomic E-state index is 13.4. The second-order valence-corrected chi connectivity index (χ2v) is 9.93. The minimum atomic E-state index is -0.156. The molecule has 0 N–H and O–H groups in total. The molecule has 3 aromatic rings. The van der Waals surface area contributed by atoms with E-state index >= 15 is 0 Å². The van der Waals surface area contributed by atoms with E-state index in [1.807, 2.05) is 11.0 Å². The molecule has 2 unspecified atom stereocenters. The zero-order valence-electron chi connectivity index (χ0n) is 18.9. The first kappa shape index (κ1) is 21.2. The standard InChI is InChI=1S/C24H29N5O2S/c1-4-17-7-5-6-10-27(17)21(30)12-19-14-32-24-26-22-20(23(31)28(19)24)13-25-29(22)18-9-8-15(2)16(3)11-18/h8-9,11,13,17,19H,4-7,10,12,14H2,1-3H3. The Labute approximate surface area is 191 Å². The van der Waals surface area contributed by atoms with Crippen molar-refractivity contribution in [2.45, 2.75) is 70.1 Å². The quantitative estimate of drug-likeness (QED) is 0.560. The molecule has 1 fully saturated rings. The van der Waals surface area contributed by atoms with Crippen LogP contribution in [-0.2, 0) is 4.79 Å². The number of hydrogen-bond donors (Lipinski definition) is 0. The van der Waals surface area contributed by atoms with Crippen molar-refractivity contribution in [2.24, 2.45) is 0 Å². The predicted octanol–water partition coefficient (Wildman–Crippen LogP) is 4.03.